The Balaban J connectivity index is 1.94. The van der Waals surface area contributed by atoms with Crippen LogP contribution in [0.3, 0.4) is 0 Å². The van der Waals surface area contributed by atoms with Gasteiger partial charge in [-0.25, -0.2) is 19.6 Å². The van der Waals surface area contributed by atoms with Crippen LogP contribution in [0.15, 0.2) is 65.8 Å². The lowest BCUT2D eigenvalue weighted by Gasteiger charge is -2.07. The average molecular weight is 346 g/mol. The van der Waals surface area contributed by atoms with Gasteiger partial charge in [0.1, 0.15) is 11.4 Å². The van der Waals surface area contributed by atoms with Crippen molar-refractivity contribution >= 4 is 17.4 Å². The van der Waals surface area contributed by atoms with E-state index in [4.69, 9.17) is 0 Å². The first-order chi connectivity index (χ1) is 12.7. The summed E-state index contributed by atoms with van der Waals surface area (Å²) in [4.78, 5) is 37.9. The molecule has 1 N–H and O–H groups in total. The number of hydrogen-bond donors (Lipinski definition) is 1. The lowest BCUT2D eigenvalue weighted by Crippen LogP contribution is -2.20. The molecule has 0 unspecified atom stereocenters. The van der Waals surface area contributed by atoms with Gasteiger partial charge in [0.2, 0.25) is 0 Å². The highest BCUT2D eigenvalue weighted by Crippen LogP contribution is 2.20. The molecule has 0 aliphatic heterocycles. The highest BCUT2D eigenvalue weighted by atomic mass is 16.2. The van der Waals surface area contributed by atoms with Crippen LogP contribution < -0.4 is 10.9 Å². The van der Waals surface area contributed by atoms with E-state index in [1.54, 1.807) is 54.3 Å². The summed E-state index contributed by atoms with van der Waals surface area (Å²) < 4.78 is 2.92. The van der Waals surface area contributed by atoms with E-state index in [9.17, 15) is 9.59 Å². The Bertz CT molecular complexity index is 1150. The molecule has 0 bridgehead atoms. The van der Waals surface area contributed by atoms with Crippen LogP contribution in [0.25, 0.3) is 11.5 Å². The van der Waals surface area contributed by atoms with Crippen LogP contribution in [0.4, 0.5) is 5.82 Å². The van der Waals surface area contributed by atoms with Crippen molar-refractivity contribution in [2.45, 2.75) is 6.92 Å². The molecule has 0 aromatic carbocycles. The molecular weight excluding hydrogens is 332 g/mol. The molecule has 0 fully saturated rings. The maximum absolute atomic E-state index is 12.9. The summed E-state index contributed by atoms with van der Waals surface area (Å²) in [6.07, 6.45) is 4.59. The summed E-state index contributed by atoms with van der Waals surface area (Å²) >= 11 is 0. The topological polar surface area (TPSA) is 94.2 Å². The molecule has 4 aromatic heterocycles. The number of carbonyl (C=O) groups excluding carboxylic acids is 1. The van der Waals surface area contributed by atoms with Gasteiger partial charge in [0.05, 0.1) is 5.69 Å². The number of pyridine rings is 2. The Labute approximate surface area is 147 Å². The molecule has 4 aromatic rings. The Morgan fingerprint density at radius 1 is 0.962 bits per heavy atom. The van der Waals surface area contributed by atoms with Gasteiger partial charge < -0.3 is 5.32 Å². The zero-order valence-corrected chi connectivity index (χ0v) is 13.8. The number of hydrogen-bond acceptors (Lipinski definition) is 5. The minimum atomic E-state index is -0.397. The summed E-state index contributed by atoms with van der Waals surface area (Å²) in [6.45, 7) is 1.75. The molecule has 0 aliphatic rings. The van der Waals surface area contributed by atoms with E-state index < -0.39 is 5.91 Å². The minimum absolute atomic E-state index is 0.258. The van der Waals surface area contributed by atoms with Crippen molar-refractivity contribution in [2.75, 3.05) is 5.32 Å². The van der Waals surface area contributed by atoms with Crippen molar-refractivity contribution in [3.63, 3.8) is 0 Å². The quantitative estimate of drug-likeness (QED) is 0.611. The highest BCUT2D eigenvalue weighted by molar-refractivity contribution is 6.08. The van der Waals surface area contributed by atoms with Crippen LogP contribution >= 0.6 is 0 Å². The van der Waals surface area contributed by atoms with E-state index in [1.165, 1.54) is 16.8 Å². The van der Waals surface area contributed by atoms with Crippen LogP contribution in [0, 0.1) is 6.92 Å². The fraction of sp³-hybridized carbons (Fsp3) is 0.0556. The van der Waals surface area contributed by atoms with E-state index in [1.807, 2.05) is 6.07 Å². The number of aromatic nitrogens is 5. The first kappa shape index (κ1) is 15.7. The minimum Gasteiger partial charge on any atom is -0.306 e. The lowest BCUT2D eigenvalue weighted by atomic mass is 10.2. The number of carbonyl (C=O) groups is 1. The summed E-state index contributed by atoms with van der Waals surface area (Å²) in [5.74, 6) is 0.535. The monoisotopic (exact) mass is 346 g/mol. The standard InChI is InChI=1S/C18H14N6O2/c1-12-16(18(26)22-13-6-2-4-9-19-13)17-21-11-8-15(25)24(17)23(12)14-7-3-5-10-20-14/h2-11H,1H3,(H,19,22,26). The van der Waals surface area contributed by atoms with Gasteiger partial charge in [-0.15, -0.1) is 0 Å². The Morgan fingerprint density at radius 3 is 2.42 bits per heavy atom. The third-order valence-corrected chi connectivity index (χ3v) is 3.93. The molecule has 8 nitrogen and oxygen atoms in total. The third kappa shape index (κ3) is 2.53. The van der Waals surface area contributed by atoms with E-state index in [-0.39, 0.29) is 11.2 Å². The Hall–Kier alpha value is -3.81. The van der Waals surface area contributed by atoms with Gasteiger partial charge in [0.15, 0.2) is 11.5 Å². The molecule has 0 aliphatic carbocycles. The summed E-state index contributed by atoms with van der Waals surface area (Å²) in [5.41, 5.74) is 0.793. The zero-order chi connectivity index (χ0) is 18.1. The summed E-state index contributed by atoms with van der Waals surface area (Å²) in [5, 5.41) is 2.74. The number of anilines is 1. The smallest absolute Gasteiger partial charge is 0.273 e. The van der Waals surface area contributed by atoms with Gasteiger partial charge in [-0.3, -0.25) is 9.59 Å². The van der Waals surface area contributed by atoms with E-state index in [0.29, 0.717) is 22.9 Å². The molecule has 128 valence electrons. The number of rotatable bonds is 3. The van der Waals surface area contributed by atoms with Crippen LogP contribution in [0.1, 0.15) is 16.1 Å². The molecule has 26 heavy (non-hydrogen) atoms. The zero-order valence-electron chi connectivity index (χ0n) is 13.8. The second kappa shape index (κ2) is 6.25. The number of amides is 1. The molecule has 0 radical (unpaired) electrons. The van der Waals surface area contributed by atoms with Gasteiger partial charge in [0.25, 0.3) is 11.5 Å². The molecule has 0 spiro atoms. The van der Waals surface area contributed by atoms with Gasteiger partial charge in [-0.05, 0) is 31.2 Å². The lowest BCUT2D eigenvalue weighted by molar-refractivity contribution is 0.102. The molecule has 0 saturated heterocycles. The molecular formula is C18H14N6O2. The van der Waals surface area contributed by atoms with Crippen molar-refractivity contribution in [3.8, 4) is 5.82 Å². The maximum atomic E-state index is 12.9. The average Bonchev–Trinajstić information content (AvgIpc) is 2.96. The van der Waals surface area contributed by atoms with Gasteiger partial charge in [-0.1, -0.05) is 12.1 Å². The molecule has 4 heterocycles. The predicted molar refractivity (Wildman–Crippen MR) is 95.5 cm³/mol. The van der Waals surface area contributed by atoms with Crippen LogP contribution in [-0.2, 0) is 0 Å². The van der Waals surface area contributed by atoms with Crippen molar-refractivity contribution in [1.29, 1.82) is 0 Å². The van der Waals surface area contributed by atoms with Crippen molar-refractivity contribution in [2.24, 2.45) is 0 Å². The summed E-state index contributed by atoms with van der Waals surface area (Å²) in [7, 11) is 0. The van der Waals surface area contributed by atoms with E-state index in [2.05, 4.69) is 20.3 Å². The number of nitrogens with one attached hydrogen (secondary N) is 1. The van der Waals surface area contributed by atoms with Crippen LogP contribution in [0.2, 0.25) is 0 Å². The van der Waals surface area contributed by atoms with Gasteiger partial charge >= 0.3 is 0 Å². The largest absolute Gasteiger partial charge is 0.306 e. The first-order valence-corrected chi connectivity index (χ1v) is 7.90. The fourth-order valence-corrected chi connectivity index (χ4v) is 2.82. The van der Waals surface area contributed by atoms with Crippen molar-refractivity contribution in [3.05, 3.63) is 82.7 Å². The molecule has 0 saturated carbocycles. The SMILES string of the molecule is Cc1c(C(=O)Nc2ccccn2)c2nccc(=O)n2n1-c1ccccn1. The third-order valence-electron chi connectivity index (χ3n) is 3.93. The van der Waals surface area contributed by atoms with Gasteiger partial charge in [0, 0.05) is 24.7 Å². The molecule has 1 amide bonds. The first-order valence-electron chi connectivity index (χ1n) is 7.90. The number of fused-ring (bicyclic) bond motifs is 1. The second-order valence-corrected chi connectivity index (χ2v) is 5.55. The normalized spacial score (nSPS) is 10.8. The molecule has 8 heteroatoms. The molecule has 4 rings (SSSR count). The van der Waals surface area contributed by atoms with Crippen molar-refractivity contribution in [1.82, 2.24) is 24.1 Å². The molecule has 0 atom stereocenters. The Kier molecular flexibility index (Phi) is 3.77. The highest BCUT2D eigenvalue weighted by Gasteiger charge is 2.23. The predicted octanol–water partition coefficient (Wildman–Crippen LogP) is 1.84. The fourth-order valence-electron chi connectivity index (χ4n) is 2.82. The maximum Gasteiger partial charge on any atom is 0.273 e. The van der Waals surface area contributed by atoms with Gasteiger partial charge in [-0.2, -0.15) is 4.52 Å². The number of nitrogens with zero attached hydrogens (tertiary/aromatic N) is 5. The summed E-state index contributed by atoms with van der Waals surface area (Å²) in [6, 6.07) is 11.9. The van der Waals surface area contributed by atoms with E-state index >= 15 is 0 Å². The van der Waals surface area contributed by atoms with Crippen molar-refractivity contribution < 1.29 is 4.79 Å². The van der Waals surface area contributed by atoms with Crippen LogP contribution in [0.5, 0.6) is 0 Å². The van der Waals surface area contributed by atoms with E-state index in [0.717, 1.165) is 0 Å². The second-order valence-electron chi connectivity index (χ2n) is 5.55. The Morgan fingerprint density at radius 2 is 1.73 bits per heavy atom. The van der Waals surface area contributed by atoms with Crippen LogP contribution in [-0.4, -0.2) is 30.1 Å².